The molecule has 0 spiro atoms. The molecule has 0 aliphatic heterocycles. The Labute approximate surface area is 528 Å². The second-order valence-electron chi connectivity index (χ2n) is 27.7. The zero-order chi connectivity index (χ0) is 59.8. The Kier molecular flexibility index (Phi) is 20.6. The summed E-state index contributed by atoms with van der Waals surface area (Å²) >= 11 is 0.507. The molecular formula is C77H90IrN2O2Se2-2. The van der Waals surface area contributed by atoms with Gasteiger partial charge in [0.15, 0.2) is 5.78 Å². The third-order valence-corrected chi connectivity index (χ3v) is 22.9. The van der Waals surface area contributed by atoms with Crippen LogP contribution in [-0.4, -0.2) is 49.9 Å². The number of fused-ring (bicyclic) bond motifs is 8. The van der Waals surface area contributed by atoms with Crippen LogP contribution in [0.1, 0.15) is 189 Å². The van der Waals surface area contributed by atoms with Crippen molar-refractivity contribution in [2.75, 3.05) is 0 Å². The van der Waals surface area contributed by atoms with Crippen molar-refractivity contribution in [3.63, 3.8) is 0 Å². The van der Waals surface area contributed by atoms with Gasteiger partial charge in [-0.2, -0.15) is 0 Å². The normalized spacial score (nSPS) is 14.3. The minimum absolute atomic E-state index is 0. The number of aryl methyl sites for hydroxylation is 1. The number of hydrogen-bond donors (Lipinski definition) is 1. The molecule has 84 heavy (non-hydrogen) atoms. The zero-order valence-electron chi connectivity index (χ0n) is 53.0. The number of benzene rings is 6. The fourth-order valence-corrected chi connectivity index (χ4v) is 17.9. The largest absolute Gasteiger partial charge is 0 e. The first-order chi connectivity index (χ1) is 39.3. The molecule has 1 saturated carbocycles. The second kappa shape index (κ2) is 26.6. The first-order valence-electron chi connectivity index (χ1n) is 30.8. The van der Waals surface area contributed by atoms with Gasteiger partial charge in [0, 0.05) is 38.0 Å². The summed E-state index contributed by atoms with van der Waals surface area (Å²) in [5, 5.41) is 20.3. The van der Waals surface area contributed by atoms with E-state index in [4.69, 9.17) is 9.97 Å². The van der Waals surface area contributed by atoms with Crippen molar-refractivity contribution in [2.45, 2.75) is 185 Å². The van der Waals surface area contributed by atoms with Crippen molar-refractivity contribution in [3.05, 3.63) is 167 Å². The van der Waals surface area contributed by atoms with Gasteiger partial charge in [0.25, 0.3) is 0 Å². The predicted octanol–water partition coefficient (Wildman–Crippen LogP) is 21.2. The maximum atomic E-state index is 11.7. The summed E-state index contributed by atoms with van der Waals surface area (Å²) in [6.45, 7) is 36.0. The summed E-state index contributed by atoms with van der Waals surface area (Å²) in [5.74, 6) is 1.26. The summed E-state index contributed by atoms with van der Waals surface area (Å²) < 4.78 is 5.89. The van der Waals surface area contributed by atoms with E-state index in [-0.39, 0.29) is 88.7 Å². The van der Waals surface area contributed by atoms with Crippen LogP contribution in [0, 0.1) is 41.7 Å². The predicted molar refractivity (Wildman–Crippen MR) is 360 cm³/mol. The molecule has 1 fully saturated rings. The molecular weight excluding hydrogens is 1330 g/mol. The molecule has 4 nitrogen and oxygen atoms in total. The fourth-order valence-electron chi connectivity index (χ4n) is 12.5. The average molecular weight is 1430 g/mol. The third kappa shape index (κ3) is 14.4. The van der Waals surface area contributed by atoms with Crippen LogP contribution in [0.2, 0.25) is 0 Å². The molecule has 443 valence electrons. The maximum Gasteiger partial charge on any atom is 0 e. The molecule has 11 rings (SSSR count). The summed E-state index contributed by atoms with van der Waals surface area (Å²) in [6, 6.07) is 45.9. The van der Waals surface area contributed by atoms with Crippen LogP contribution in [0.4, 0.5) is 0 Å². The van der Waals surface area contributed by atoms with E-state index < -0.39 is 0 Å². The number of carbonyl (C=O) groups excluding carboxylic acids is 1. The number of hydrogen-bond acceptors (Lipinski definition) is 4. The van der Waals surface area contributed by atoms with Gasteiger partial charge in [0.05, 0.1) is 5.76 Å². The summed E-state index contributed by atoms with van der Waals surface area (Å²) in [7, 11) is 0. The van der Waals surface area contributed by atoms with E-state index >= 15 is 0 Å². The van der Waals surface area contributed by atoms with Crippen molar-refractivity contribution >= 4 is 94.9 Å². The van der Waals surface area contributed by atoms with Crippen LogP contribution >= 0.6 is 0 Å². The number of ketones is 1. The standard InChI is InChI=1S/C33H34NSe.C31H32NSe.C13H24O2.Ir/c1-32(2,3)28-19-24(18-23-8-6-7-9-25(23)28)30-31-27(14-17-34-30)26-11-10-22(20-29(26)35-31)21-12-15-33(4,5)16-13-21;1-19-21(18-30(2,3)4)12-13-24-25-14-15-32-27(29(25)33-28(19)24)22-16-20-10-8-9-11-23(20)26(17-22)31(5,6)7;1-5-10(6-2)12(14)9-13(15)11(7-3)8-4;/h6-11,14,17,19-21H,12-13,15-16H2,1-5H3;8-15,17H,18H2,1-7H3;9-11,14H,5-8H2,1-4H3;/q2*-1;;/b;;12-9-;. The van der Waals surface area contributed by atoms with Crippen molar-refractivity contribution in [1.82, 2.24) is 9.97 Å². The van der Waals surface area contributed by atoms with E-state index in [1.165, 1.54) is 114 Å². The summed E-state index contributed by atoms with van der Waals surface area (Å²) in [6.07, 6.45) is 15.3. The van der Waals surface area contributed by atoms with Crippen LogP contribution in [0.3, 0.4) is 0 Å². The van der Waals surface area contributed by atoms with E-state index in [1.54, 1.807) is 5.56 Å². The SMILES string of the molecule is CC1(C)CCC(c2ccc3c(c2)[se]c2c(-c4[c-]c5ccccc5c(C(C)(C)C)c4)nccc23)CC1.CCC(CC)C(=O)/C=C(\O)C(CC)CC.Cc1c(CC(C)(C)C)ccc2c1[se]c1c(-c3[c-]c4ccccc4c(C(C)(C)C)c3)nccc12.[Ir]. The number of carbonyl (C=O) groups is 1. The van der Waals surface area contributed by atoms with Crippen molar-refractivity contribution < 1.29 is 30.0 Å². The maximum absolute atomic E-state index is 11.7. The van der Waals surface area contributed by atoms with Crippen LogP contribution < -0.4 is 0 Å². The van der Waals surface area contributed by atoms with Gasteiger partial charge < -0.3 is 5.11 Å². The first-order valence-corrected chi connectivity index (χ1v) is 34.2. The van der Waals surface area contributed by atoms with E-state index in [2.05, 4.69) is 198 Å². The van der Waals surface area contributed by atoms with Gasteiger partial charge in [-0.25, -0.2) is 0 Å². The first kappa shape index (κ1) is 65.0. The van der Waals surface area contributed by atoms with Gasteiger partial charge in [-0.3, -0.25) is 4.79 Å². The molecule has 6 aromatic carbocycles. The van der Waals surface area contributed by atoms with Crippen LogP contribution in [-0.2, 0) is 42.2 Å². The molecule has 7 heteroatoms. The van der Waals surface area contributed by atoms with Gasteiger partial charge in [0.2, 0.25) is 0 Å². The Morgan fingerprint density at radius 3 is 1.60 bits per heavy atom. The van der Waals surface area contributed by atoms with E-state index in [0.717, 1.165) is 54.6 Å². The molecule has 1 aliphatic carbocycles. The number of rotatable bonds is 11. The minimum atomic E-state index is 0. The Hall–Kier alpha value is -4.96. The Bertz CT molecular complexity index is 3990. The smallest absolute Gasteiger partial charge is 0 e. The minimum Gasteiger partial charge on any atom is 0 e. The quantitative estimate of drug-likeness (QED) is 0.0607. The molecule has 0 atom stereocenters. The topological polar surface area (TPSA) is 63.1 Å². The van der Waals surface area contributed by atoms with Crippen LogP contribution in [0.15, 0.2) is 127 Å². The average Bonchev–Trinajstić information content (AvgIpc) is 1.90. The Morgan fingerprint density at radius 2 is 1.10 bits per heavy atom. The molecule has 0 amide bonds. The Morgan fingerprint density at radius 1 is 0.619 bits per heavy atom. The molecule has 0 bridgehead atoms. The van der Waals surface area contributed by atoms with Gasteiger partial charge in [-0.15, -0.1) is 0 Å². The second-order valence-corrected chi connectivity index (χ2v) is 32.1. The van der Waals surface area contributed by atoms with E-state index in [0.29, 0.717) is 11.3 Å². The fraction of sp³-hybridized carbons (Fsp3) is 0.416. The van der Waals surface area contributed by atoms with Crippen LogP contribution in [0.25, 0.3) is 82.6 Å². The molecule has 4 heterocycles. The van der Waals surface area contributed by atoms with Gasteiger partial charge in [-0.1, -0.05) is 27.7 Å². The molecule has 1 aliphatic rings. The van der Waals surface area contributed by atoms with Gasteiger partial charge in [-0.05, 0) is 25.7 Å². The third-order valence-electron chi connectivity index (χ3n) is 17.6. The molecule has 10 aromatic rings. The molecule has 4 aromatic heterocycles. The number of nitrogens with zero attached hydrogens (tertiary/aromatic N) is 2. The number of allylic oxidation sites excluding steroid dienone is 2. The van der Waals surface area contributed by atoms with Gasteiger partial charge >= 0.3 is 420 Å². The summed E-state index contributed by atoms with van der Waals surface area (Å²) in [5.41, 5.74) is 12.6. The Balaban J connectivity index is 0.000000176. The summed E-state index contributed by atoms with van der Waals surface area (Å²) in [4.78, 5) is 21.6. The zero-order valence-corrected chi connectivity index (χ0v) is 58.9. The van der Waals surface area contributed by atoms with E-state index in [1.807, 2.05) is 40.1 Å². The number of aromatic nitrogens is 2. The number of aliphatic hydroxyl groups is 1. The number of aliphatic hydroxyl groups excluding tert-OH is 1. The number of pyridine rings is 2. The van der Waals surface area contributed by atoms with Crippen LogP contribution in [0.5, 0.6) is 0 Å². The molecule has 0 saturated heterocycles. The molecule has 0 unspecified atom stereocenters. The van der Waals surface area contributed by atoms with Crippen molar-refractivity contribution in [3.8, 4) is 22.5 Å². The van der Waals surface area contributed by atoms with E-state index in [9.17, 15) is 9.90 Å². The molecule has 1 N–H and O–H groups in total. The van der Waals surface area contributed by atoms with Gasteiger partial charge in [0.1, 0.15) is 0 Å². The van der Waals surface area contributed by atoms with Crippen molar-refractivity contribution in [1.29, 1.82) is 0 Å². The monoisotopic (exact) mass is 1430 g/mol. The molecule has 1 radical (unpaired) electrons. The van der Waals surface area contributed by atoms with Crippen molar-refractivity contribution in [2.24, 2.45) is 22.7 Å².